The zero-order valence-corrected chi connectivity index (χ0v) is 24.4. The molecular weight excluding hydrogens is 420 g/mol. The van der Waals surface area contributed by atoms with Gasteiger partial charge < -0.3 is 9.84 Å². The first-order chi connectivity index (χ1) is 16.4. The van der Waals surface area contributed by atoms with Crippen LogP contribution in [0.4, 0.5) is 0 Å². The smallest absolute Gasteiger partial charge is 0.305 e. The van der Waals surface area contributed by atoms with Crippen LogP contribution in [0, 0.1) is 40.4 Å². The number of rotatable bonds is 5. The lowest BCUT2D eigenvalue weighted by Gasteiger charge is -2.61. The van der Waals surface area contributed by atoms with Crippen molar-refractivity contribution in [1.82, 2.24) is 0 Å². The first-order valence-electron chi connectivity index (χ1n) is 15.1. The third-order valence-electron chi connectivity index (χ3n) is 10.2. The highest BCUT2D eigenvalue weighted by atomic mass is 16.5. The molecule has 0 radical (unpaired) electrons. The maximum Gasteiger partial charge on any atom is 0.305 e. The lowest BCUT2D eigenvalue weighted by molar-refractivity contribution is -0.140. The third-order valence-corrected chi connectivity index (χ3v) is 10.2. The molecule has 0 aromatic heterocycles. The summed E-state index contributed by atoms with van der Waals surface area (Å²) in [7, 11) is 1.49. The van der Waals surface area contributed by atoms with Gasteiger partial charge in [0, 0.05) is 6.42 Å². The van der Waals surface area contributed by atoms with Gasteiger partial charge >= 0.3 is 5.97 Å². The molecule has 3 nitrogen and oxygen atoms in total. The van der Waals surface area contributed by atoms with E-state index >= 15 is 0 Å². The number of aliphatic hydroxyl groups is 1. The van der Waals surface area contributed by atoms with Gasteiger partial charge in [-0.2, -0.15) is 0 Å². The van der Waals surface area contributed by atoms with Gasteiger partial charge in [-0.15, -0.1) is 0 Å². The van der Waals surface area contributed by atoms with Gasteiger partial charge in [-0.1, -0.05) is 61.8 Å². The van der Waals surface area contributed by atoms with E-state index in [1.54, 1.807) is 0 Å². The number of aliphatic hydroxyl groups excluding tert-OH is 1. The van der Waals surface area contributed by atoms with Crippen LogP contribution >= 0.6 is 0 Å². The van der Waals surface area contributed by atoms with Gasteiger partial charge in [0.15, 0.2) is 0 Å². The molecule has 1 N–H and O–H groups in total. The molecule has 0 heterocycles. The molecule has 4 fully saturated rings. The molecule has 0 saturated heterocycles. The van der Waals surface area contributed by atoms with Crippen LogP contribution in [-0.2, 0) is 9.53 Å². The maximum atomic E-state index is 11.4. The number of carbonyl (C=O) groups excluding carboxylic acids is 1. The van der Waals surface area contributed by atoms with Crippen LogP contribution in [0.2, 0.25) is 0 Å². The van der Waals surface area contributed by atoms with Crippen molar-refractivity contribution in [2.24, 2.45) is 40.4 Å². The Morgan fingerprint density at radius 3 is 2.09 bits per heavy atom. The largest absolute Gasteiger partial charge is 0.469 e. The molecule has 3 heteroatoms. The van der Waals surface area contributed by atoms with Crippen molar-refractivity contribution in [1.29, 1.82) is 0 Å². The van der Waals surface area contributed by atoms with E-state index in [1.807, 2.05) is 41.5 Å². The van der Waals surface area contributed by atoms with Gasteiger partial charge in [0.1, 0.15) is 0 Å². The number of hydrogen-bond donors (Lipinski definition) is 1. The molecule has 0 spiro atoms. The number of unbranched alkanes of at least 4 members (excludes halogenated alkanes) is 1. The lowest BCUT2D eigenvalue weighted by atomic mass is 9.44. The summed E-state index contributed by atoms with van der Waals surface area (Å²) >= 11 is 0. The van der Waals surface area contributed by atoms with E-state index in [0.29, 0.717) is 17.3 Å². The summed E-state index contributed by atoms with van der Waals surface area (Å²) in [6, 6.07) is 0. The van der Waals surface area contributed by atoms with E-state index in [2.05, 4.69) is 13.8 Å². The van der Waals surface area contributed by atoms with E-state index < -0.39 is 0 Å². The second-order valence-corrected chi connectivity index (χ2v) is 11.2. The summed E-state index contributed by atoms with van der Waals surface area (Å²) in [5.74, 6) is 4.30. The van der Waals surface area contributed by atoms with E-state index in [4.69, 9.17) is 4.74 Å². The average Bonchev–Trinajstić information content (AvgIpc) is 3.22. The number of hydrogen-bond acceptors (Lipinski definition) is 3. The van der Waals surface area contributed by atoms with Crippen LogP contribution in [0.3, 0.4) is 0 Å². The fourth-order valence-electron chi connectivity index (χ4n) is 8.58. The van der Waals surface area contributed by atoms with Crippen molar-refractivity contribution in [3.05, 3.63) is 0 Å². The minimum Gasteiger partial charge on any atom is -0.469 e. The predicted octanol–water partition coefficient (Wildman–Crippen LogP) is 8.82. The zero-order valence-electron chi connectivity index (χ0n) is 24.4. The van der Waals surface area contributed by atoms with Crippen molar-refractivity contribution >= 4 is 5.97 Å². The van der Waals surface area contributed by atoms with Gasteiger partial charge in [-0.3, -0.25) is 4.79 Å². The van der Waals surface area contributed by atoms with E-state index in [0.717, 1.165) is 48.9 Å². The second-order valence-electron chi connectivity index (χ2n) is 11.2. The van der Waals surface area contributed by atoms with Crippen LogP contribution in [0.25, 0.3) is 0 Å². The summed E-state index contributed by atoms with van der Waals surface area (Å²) in [5.41, 5.74) is 1.02. The first kappa shape index (κ1) is 31.5. The van der Waals surface area contributed by atoms with Gasteiger partial charge in [0.2, 0.25) is 0 Å². The molecule has 4 saturated carbocycles. The summed E-state index contributed by atoms with van der Waals surface area (Å²) in [5, 5.41) is 10.2. The number of methoxy groups -OCH3 is 1. The van der Waals surface area contributed by atoms with Gasteiger partial charge in [-0.25, -0.2) is 0 Å². The molecule has 4 rings (SSSR count). The quantitative estimate of drug-likeness (QED) is 0.316. The number of ether oxygens (including phenoxy) is 1. The monoisotopic (exact) mass is 480 g/mol. The second kappa shape index (κ2) is 14.9. The number of carbonyl (C=O) groups is 1. The molecule has 0 bridgehead atoms. The van der Waals surface area contributed by atoms with Crippen molar-refractivity contribution in [2.75, 3.05) is 7.11 Å². The fraction of sp³-hybridized carbons (Fsp3) is 0.968. The molecule has 34 heavy (non-hydrogen) atoms. The van der Waals surface area contributed by atoms with Gasteiger partial charge in [0.25, 0.3) is 0 Å². The van der Waals surface area contributed by atoms with Crippen LogP contribution in [0.15, 0.2) is 0 Å². The predicted molar refractivity (Wildman–Crippen MR) is 146 cm³/mol. The van der Waals surface area contributed by atoms with E-state index in [9.17, 15) is 9.90 Å². The Morgan fingerprint density at radius 1 is 0.824 bits per heavy atom. The Bertz CT molecular complexity index is 575. The molecule has 4 aliphatic rings. The van der Waals surface area contributed by atoms with Crippen LogP contribution in [-0.4, -0.2) is 24.3 Å². The summed E-state index contributed by atoms with van der Waals surface area (Å²) < 4.78 is 4.79. The van der Waals surface area contributed by atoms with Crippen LogP contribution in [0.5, 0.6) is 0 Å². The van der Waals surface area contributed by atoms with E-state index in [1.165, 1.54) is 64.9 Å². The summed E-state index contributed by atoms with van der Waals surface area (Å²) in [6.45, 7) is 17.2. The minimum atomic E-state index is -0.0568. The molecule has 0 aromatic carbocycles. The minimum absolute atomic E-state index is 0.0377. The Labute approximate surface area is 213 Å². The highest BCUT2D eigenvalue weighted by molar-refractivity contribution is 5.68. The van der Waals surface area contributed by atoms with Gasteiger partial charge in [-0.05, 0) is 111 Å². The molecule has 0 amide bonds. The van der Waals surface area contributed by atoms with E-state index in [-0.39, 0.29) is 12.1 Å². The van der Waals surface area contributed by atoms with Crippen LogP contribution in [0.1, 0.15) is 139 Å². The summed E-state index contributed by atoms with van der Waals surface area (Å²) in [6.07, 6.45) is 15.8. The molecular formula is C31H60O3. The van der Waals surface area contributed by atoms with Crippen molar-refractivity contribution in [2.45, 2.75) is 145 Å². The number of fused-ring (bicyclic) bond motifs is 5. The Balaban J connectivity index is 0.000000894. The molecule has 8 unspecified atom stereocenters. The highest BCUT2D eigenvalue weighted by Gasteiger charge is 2.59. The SMILES string of the molecule is CC.CC.CC.COC(=O)CCCCC1CCC2C3CCC4CC(O)CCC4(C)C3CCC12C. The standard InChI is InChI=1S/C25H42O3.3C2H6/c1-24-15-13-22-20(10-8-18-16-19(26)12-14-25(18,22)2)21(24)11-9-17(24)6-4-5-7-23(27)28-3;3*1-2/h17-22,26H,4-16H2,1-3H3;3*1-2H3. The molecule has 8 atom stereocenters. The van der Waals surface area contributed by atoms with Crippen LogP contribution < -0.4 is 0 Å². The average molecular weight is 481 g/mol. The molecule has 0 aromatic rings. The Hall–Kier alpha value is -0.570. The molecule has 4 aliphatic carbocycles. The van der Waals surface area contributed by atoms with Crippen molar-refractivity contribution in [3.63, 3.8) is 0 Å². The normalized spacial score (nSPS) is 39.8. The van der Waals surface area contributed by atoms with Gasteiger partial charge in [0.05, 0.1) is 13.2 Å². The molecule has 202 valence electrons. The lowest BCUT2D eigenvalue weighted by Crippen LogP contribution is -2.53. The number of esters is 1. The molecule has 0 aliphatic heterocycles. The highest BCUT2D eigenvalue weighted by Crippen LogP contribution is 2.67. The van der Waals surface area contributed by atoms with Crippen molar-refractivity contribution < 1.29 is 14.6 Å². The summed E-state index contributed by atoms with van der Waals surface area (Å²) in [4.78, 5) is 11.4. The topological polar surface area (TPSA) is 46.5 Å². The maximum absolute atomic E-state index is 11.4. The fourth-order valence-corrected chi connectivity index (χ4v) is 8.58. The first-order valence-corrected chi connectivity index (χ1v) is 15.1. The van der Waals surface area contributed by atoms with Crippen molar-refractivity contribution in [3.8, 4) is 0 Å². The third kappa shape index (κ3) is 6.60. The Kier molecular flexibility index (Phi) is 13.8. The Morgan fingerprint density at radius 2 is 1.44 bits per heavy atom. The zero-order chi connectivity index (χ0) is 25.9.